The highest BCUT2D eigenvalue weighted by Gasteiger charge is 2.16. The SMILES string of the molecule is CN(C)Cc1ccc(C(=O)C=Cc2cnc(C(C)(C)C)nc2)cc1. The lowest BCUT2D eigenvalue weighted by Gasteiger charge is -2.15. The Morgan fingerprint density at radius 2 is 1.67 bits per heavy atom. The predicted molar refractivity (Wildman–Crippen MR) is 97.9 cm³/mol. The van der Waals surface area contributed by atoms with E-state index in [-0.39, 0.29) is 11.2 Å². The van der Waals surface area contributed by atoms with Gasteiger partial charge in [0.15, 0.2) is 5.78 Å². The number of carbonyl (C=O) groups is 1. The monoisotopic (exact) mass is 323 g/mol. The van der Waals surface area contributed by atoms with Crippen LogP contribution in [0.3, 0.4) is 0 Å². The number of nitrogens with zero attached hydrogens (tertiary/aromatic N) is 3. The van der Waals surface area contributed by atoms with Crippen LogP contribution in [0.4, 0.5) is 0 Å². The Morgan fingerprint density at radius 1 is 1.08 bits per heavy atom. The highest BCUT2D eigenvalue weighted by atomic mass is 16.1. The van der Waals surface area contributed by atoms with Crippen LogP contribution in [0.5, 0.6) is 0 Å². The largest absolute Gasteiger partial charge is 0.305 e. The molecular formula is C20H25N3O. The Balaban J connectivity index is 2.04. The van der Waals surface area contributed by atoms with Crippen molar-refractivity contribution in [2.45, 2.75) is 32.7 Å². The maximum Gasteiger partial charge on any atom is 0.185 e. The van der Waals surface area contributed by atoms with E-state index in [1.165, 1.54) is 5.56 Å². The van der Waals surface area contributed by atoms with Gasteiger partial charge in [0.2, 0.25) is 0 Å². The van der Waals surface area contributed by atoms with Crippen molar-refractivity contribution < 1.29 is 4.79 Å². The molecule has 0 amide bonds. The van der Waals surface area contributed by atoms with E-state index in [0.29, 0.717) is 5.56 Å². The number of allylic oxidation sites excluding steroid dienone is 1. The predicted octanol–water partition coefficient (Wildman–Crippen LogP) is 3.73. The summed E-state index contributed by atoms with van der Waals surface area (Å²) in [6.07, 6.45) is 6.81. The highest BCUT2D eigenvalue weighted by Crippen LogP contribution is 2.17. The van der Waals surface area contributed by atoms with Gasteiger partial charge in [0.1, 0.15) is 5.82 Å². The molecule has 1 heterocycles. The van der Waals surface area contributed by atoms with E-state index in [1.54, 1.807) is 24.5 Å². The van der Waals surface area contributed by atoms with Crippen LogP contribution >= 0.6 is 0 Å². The molecule has 0 saturated heterocycles. The van der Waals surface area contributed by atoms with Gasteiger partial charge >= 0.3 is 0 Å². The van der Waals surface area contributed by atoms with Gasteiger partial charge in [-0.15, -0.1) is 0 Å². The fourth-order valence-electron chi connectivity index (χ4n) is 2.22. The van der Waals surface area contributed by atoms with Crippen molar-refractivity contribution in [1.29, 1.82) is 0 Å². The summed E-state index contributed by atoms with van der Waals surface area (Å²) in [6, 6.07) is 7.71. The fourth-order valence-corrected chi connectivity index (χ4v) is 2.22. The summed E-state index contributed by atoms with van der Waals surface area (Å²) in [6.45, 7) is 7.08. The molecule has 0 spiro atoms. The Kier molecular flexibility index (Phi) is 5.62. The van der Waals surface area contributed by atoms with E-state index in [4.69, 9.17) is 0 Å². The number of ketones is 1. The van der Waals surface area contributed by atoms with Crippen LogP contribution in [0.25, 0.3) is 6.08 Å². The molecule has 0 aliphatic rings. The van der Waals surface area contributed by atoms with Crippen molar-refractivity contribution in [2.75, 3.05) is 14.1 Å². The Morgan fingerprint density at radius 3 is 2.17 bits per heavy atom. The molecule has 0 saturated carbocycles. The summed E-state index contributed by atoms with van der Waals surface area (Å²) in [7, 11) is 4.05. The van der Waals surface area contributed by atoms with Crippen molar-refractivity contribution in [3.63, 3.8) is 0 Å². The average Bonchev–Trinajstić information content (AvgIpc) is 2.52. The van der Waals surface area contributed by atoms with Crippen LogP contribution in [0.1, 0.15) is 48.1 Å². The van der Waals surface area contributed by atoms with E-state index in [9.17, 15) is 4.79 Å². The Bertz CT molecular complexity index is 708. The molecule has 0 bridgehead atoms. The zero-order valence-corrected chi connectivity index (χ0v) is 15.1. The third kappa shape index (κ3) is 5.10. The molecule has 0 atom stereocenters. The van der Waals surface area contributed by atoms with Gasteiger partial charge in [-0.1, -0.05) is 45.0 Å². The minimum Gasteiger partial charge on any atom is -0.305 e. The molecule has 0 aliphatic carbocycles. The summed E-state index contributed by atoms with van der Waals surface area (Å²) >= 11 is 0. The molecule has 126 valence electrons. The first-order chi connectivity index (χ1) is 11.3. The molecule has 2 aromatic rings. The first kappa shape index (κ1) is 18.0. The van der Waals surface area contributed by atoms with E-state index in [1.807, 2.05) is 38.4 Å². The lowest BCUT2D eigenvalue weighted by atomic mass is 9.96. The third-order valence-electron chi connectivity index (χ3n) is 3.51. The topological polar surface area (TPSA) is 46.1 Å². The molecule has 0 unspecified atom stereocenters. The zero-order valence-electron chi connectivity index (χ0n) is 15.1. The molecule has 4 nitrogen and oxygen atoms in total. The van der Waals surface area contributed by atoms with E-state index >= 15 is 0 Å². The van der Waals surface area contributed by atoms with Gasteiger partial charge in [0.05, 0.1) is 0 Å². The smallest absolute Gasteiger partial charge is 0.185 e. The van der Waals surface area contributed by atoms with Gasteiger partial charge in [0, 0.05) is 35.5 Å². The average molecular weight is 323 g/mol. The first-order valence-corrected chi connectivity index (χ1v) is 8.04. The van der Waals surface area contributed by atoms with Crippen molar-refractivity contribution in [3.8, 4) is 0 Å². The van der Waals surface area contributed by atoms with E-state index in [0.717, 1.165) is 17.9 Å². The molecule has 2 rings (SSSR count). The van der Waals surface area contributed by atoms with Crippen LogP contribution in [-0.4, -0.2) is 34.7 Å². The molecule has 24 heavy (non-hydrogen) atoms. The van der Waals surface area contributed by atoms with Crippen molar-refractivity contribution in [2.24, 2.45) is 0 Å². The quantitative estimate of drug-likeness (QED) is 0.621. The lowest BCUT2D eigenvalue weighted by Crippen LogP contribution is -2.15. The van der Waals surface area contributed by atoms with E-state index in [2.05, 4.69) is 35.6 Å². The van der Waals surface area contributed by atoms with Gasteiger partial charge < -0.3 is 4.90 Å². The molecule has 1 aromatic heterocycles. The van der Waals surface area contributed by atoms with Crippen LogP contribution < -0.4 is 0 Å². The number of hydrogen-bond acceptors (Lipinski definition) is 4. The van der Waals surface area contributed by atoms with Gasteiger partial charge in [0.25, 0.3) is 0 Å². The lowest BCUT2D eigenvalue weighted by molar-refractivity contribution is 0.104. The summed E-state index contributed by atoms with van der Waals surface area (Å²) in [4.78, 5) is 23.1. The van der Waals surface area contributed by atoms with Gasteiger partial charge in [-0.3, -0.25) is 4.79 Å². The zero-order chi connectivity index (χ0) is 17.7. The first-order valence-electron chi connectivity index (χ1n) is 8.04. The second-order valence-electron chi connectivity index (χ2n) is 7.22. The Hall–Kier alpha value is -2.33. The van der Waals surface area contributed by atoms with Crippen LogP contribution in [0.15, 0.2) is 42.7 Å². The number of carbonyl (C=O) groups excluding carboxylic acids is 1. The van der Waals surface area contributed by atoms with Crippen LogP contribution in [-0.2, 0) is 12.0 Å². The number of aromatic nitrogens is 2. The summed E-state index contributed by atoms with van der Waals surface area (Å²) in [5.41, 5.74) is 2.61. The third-order valence-corrected chi connectivity index (χ3v) is 3.51. The number of hydrogen-bond donors (Lipinski definition) is 0. The second-order valence-corrected chi connectivity index (χ2v) is 7.22. The molecule has 0 N–H and O–H groups in total. The van der Waals surface area contributed by atoms with Crippen LogP contribution in [0, 0.1) is 0 Å². The minimum atomic E-state index is -0.0770. The maximum absolute atomic E-state index is 12.2. The van der Waals surface area contributed by atoms with Gasteiger partial charge in [-0.2, -0.15) is 0 Å². The molecule has 0 aliphatic heterocycles. The van der Waals surface area contributed by atoms with E-state index < -0.39 is 0 Å². The summed E-state index contributed by atoms with van der Waals surface area (Å²) in [5.74, 6) is 0.772. The maximum atomic E-state index is 12.2. The molecule has 0 fully saturated rings. The second kappa shape index (κ2) is 7.49. The standard InChI is InChI=1S/C20H25N3O/c1-20(2,3)19-21-12-16(13-22-19)8-11-18(24)17-9-6-15(7-10-17)14-23(4)5/h6-13H,14H2,1-5H3. The number of rotatable bonds is 5. The summed E-state index contributed by atoms with van der Waals surface area (Å²) < 4.78 is 0. The number of benzene rings is 1. The normalized spacial score (nSPS) is 12.1. The Labute approximate surface area is 144 Å². The molecule has 4 heteroatoms. The highest BCUT2D eigenvalue weighted by molar-refractivity contribution is 6.06. The fraction of sp³-hybridized carbons (Fsp3) is 0.350. The van der Waals surface area contributed by atoms with Crippen molar-refractivity contribution in [1.82, 2.24) is 14.9 Å². The minimum absolute atomic E-state index is 0.0219. The van der Waals surface area contributed by atoms with Crippen molar-refractivity contribution >= 4 is 11.9 Å². The molecule has 1 aromatic carbocycles. The summed E-state index contributed by atoms with van der Waals surface area (Å²) in [5, 5.41) is 0. The van der Waals surface area contributed by atoms with Crippen LogP contribution in [0.2, 0.25) is 0 Å². The van der Waals surface area contributed by atoms with Gasteiger partial charge in [-0.25, -0.2) is 9.97 Å². The van der Waals surface area contributed by atoms with Crippen molar-refractivity contribution in [3.05, 3.63) is 65.2 Å². The molecule has 0 radical (unpaired) electrons. The molecular weight excluding hydrogens is 298 g/mol. The van der Waals surface area contributed by atoms with Gasteiger partial charge in [-0.05, 0) is 31.8 Å².